The Hall–Kier alpha value is -1.43. The minimum absolute atomic E-state index is 0.0646. The van der Waals surface area contributed by atoms with Crippen molar-refractivity contribution in [1.29, 1.82) is 0 Å². The van der Waals surface area contributed by atoms with Gasteiger partial charge in [-0.15, -0.1) is 11.3 Å². The highest BCUT2D eigenvalue weighted by Crippen LogP contribution is 2.30. The second-order valence-corrected chi connectivity index (χ2v) is 7.45. The predicted octanol–water partition coefficient (Wildman–Crippen LogP) is 2.74. The molecule has 0 bridgehead atoms. The Labute approximate surface area is 135 Å². The number of hydrogen-bond acceptors (Lipinski definition) is 4. The van der Waals surface area contributed by atoms with Crippen molar-refractivity contribution < 1.29 is 9.59 Å². The van der Waals surface area contributed by atoms with Crippen LogP contribution in [0, 0.1) is 12.8 Å². The van der Waals surface area contributed by atoms with Crippen LogP contribution in [0.15, 0.2) is 0 Å². The molecule has 1 N–H and O–H groups in total. The SMILES string of the molecule is CCc1nc(NC(=O)C2CC(=O)N(C3CCCC3)C2)sc1C. The Morgan fingerprint density at radius 2 is 2.14 bits per heavy atom. The summed E-state index contributed by atoms with van der Waals surface area (Å²) < 4.78 is 0. The fourth-order valence-electron chi connectivity index (χ4n) is 3.49. The molecule has 3 rings (SSSR count). The first-order valence-electron chi connectivity index (χ1n) is 8.15. The van der Waals surface area contributed by atoms with E-state index in [1.54, 1.807) is 0 Å². The quantitative estimate of drug-likeness (QED) is 0.927. The van der Waals surface area contributed by atoms with Gasteiger partial charge in [-0.25, -0.2) is 4.98 Å². The van der Waals surface area contributed by atoms with Crippen LogP contribution in [0.1, 0.15) is 49.6 Å². The molecule has 1 aromatic rings. The lowest BCUT2D eigenvalue weighted by molar-refractivity contribution is -0.129. The Kier molecular flexibility index (Phi) is 4.47. The second-order valence-electron chi connectivity index (χ2n) is 6.25. The summed E-state index contributed by atoms with van der Waals surface area (Å²) in [6.07, 6.45) is 5.78. The van der Waals surface area contributed by atoms with Gasteiger partial charge >= 0.3 is 0 Å². The van der Waals surface area contributed by atoms with Gasteiger partial charge in [0.15, 0.2) is 5.13 Å². The molecule has 2 fully saturated rings. The summed E-state index contributed by atoms with van der Waals surface area (Å²) in [4.78, 5) is 32.1. The standard InChI is InChI=1S/C16H23N3O2S/c1-3-13-10(2)22-16(17-13)18-15(21)11-8-14(20)19(9-11)12-6-4-5-7-12/h11-12H,3-9H2,1-2H3,(H,17,18,21). The molecule has 0 spiro atoms. The fraction of sp³-hybridized carbons (Fsp3) is 0.688. The summed E-state index contributed by atoms with van der Waals surface area (Å²) in [7, 11) is 0. The molecule has 1 unspecified atom stereocenters. The normalized spacial score (nSPS) is 22.5. The van der Waals surface area contributed by atoms with Crippen LogP contribution in [0.3, 0.4) is 0 Å². The van der Waals surface area contributed by atoms with Crippen molar-refractivity contribution in [3.63, 3.8) is 0 Å². The molecule has 2 heterocycles. The van der Waals surface area contributed by atoms with Crippen molar-refractivity contribution >= 4 is 28.3 Å². The number of carbonyl (C=O) groups is 2. The minimum Gasteiger partial charge on any atom is -0.339 e. The highest BCUT2D eigenvalue weighted by atomic mass is 32.1. The van der Waals surface area contributed by atoms with Crippen LogP contribution in [0.2, 0.25) is 0 Å². The van der Waals surface area contributed by atoms with Crippen LogP contribution in [-0.4, -0.2) is 34.3 Å². The summed E-state index contributed by atoms with van der Waals surface area (Å²) in [5, 5.41) is 3.56. The van der Waals surface area contributed by atoms with Gasteiger partial charge in [-0.2, -0.15) is 0 Å². The largest absolute Gasteiger partial charge is 0.339 e. The Morgan fingerprint density at radius 3 is 2.77 bits per heavy atom. The molecular weight excluding hydrogens is 298 g/mol. The van der Waals surface area contributed by atoms with Gasteiger partial charge in [-0.3, -0.25) is 9.59 Å². The number of likely N-dealkylation sites (tertiary alicyclic amines) is 1. The van der Waals surface area contributed by atoms with E-state index in [4.69, 9.17) is 0 Å². The van der Waals surface area contributed by atoms with E-state index in [-0.39, 0.29) is 17.7 Å². The van der Waals surface area contributed by atoms with Crippen molar-refractivity contribution in [1.82, 2.24) is 9.88 Å². The van der Waals surface area contributed by atoms with E-state index in [9.17, 15) is 9.59 Å². The lowest BCUT2D eigenvalue weighted by Gasteiger charge is -2.23. The summed E-state index contributed by atoms with van der Waals surface area (Å²) >= 11 is 1.51. The number of nitrogens with one attached hydrogen (secondary N) is 1. The third-order valence-electron chi connectivity index (χ3n) is 4.75. The van der Waals surface area contributed by atoms with Gasteiger partial charge in [0.25, 0.3) is 0 Å². The number of thiazole rings is 1. The van der Waals surface area contributed by atoms with Crippen molar-refractivity contribution in [3.05, 3.63) is 10.6 Å². The zero-order valence-electron chi connectivity index (χ0n) is 13.2. The van der Waals surface area contributed by atoms with Crippen molar-refractivity contribution in [2.24, 2.45) is 5.92 Å². The smallest absolute Gasteiger partial charge is 0.231 e. The maximum atomic E-state index is 12.4. The van der Waals surface area contributed by atoms with E-state index in [1.165, 1.54) is 24.2 Å². The molecule has 1 aliphatic carbocycles. The van der Waals surface area contributed by atoms with Gasteiger partial charge < -0.3 is 10.2 Å². The number of amides is 2. The second kappa shape index (κ2) is 6.36. The van der Waals surface area contributed by atoms with Crippen molar-refractivity contribution in [3.8, 4) is 0 Å². The Balaban J connectivity index is 1.61. The zero-order chi connectivity index (χ0) is 15.7. The first-order valence-corrected chi connectivity index (χ1v) is 8.96. The van der Waals surface area contributed by atoms with Gasteiger partial charge in [0, 0.05) is 23.9 Å². The number of nitrogens with zero attached hydrogens (tertiary/aromatic N) is 2. The van der Waals surface area contributed by atoms with E-state index in [1.807, 2.05) is 11.8 Å². The zero-order valence-corrected chi connectivity index (χ0v) is 14.0. The molecular formula is C16H23N3O2S. The maximum Gasteiger partial charge on any atom is 0.231 e. The van der Waals surface area contributed by atoms with E-state index >= 15 is 0 Å². The lowest BCUT2D eigenvalue weighted by atomic mass is 10.1. The number of aromatic nitrogens is 1. The van der Waals surface area contributed by atoms with Crippen LogP contribution >= 0.6 is 11.3 Å². The van der Waals surface area contributed by atoms with Crippen LogP contribution in [-0.2, 0) is 16.0 Å². The topological polar surface area (TPSA) is 62.3 Å². The fourth-order valence-corrected chi connectivity index (χ4v) is 4.40. The van der Waals surface area contributed by atoms with Crippen LogP contribution in [0.5, 0.6) is 0 Å². The van der Waals surface area contributed by atoms with E-state index < -0.39 is 0 Å². The first kappa shape index (κ1) is 15.5. The molecule has 1 atom stereocenters. The van der Waals surface area contributed by atoms with Gasteiger partial charge in [0.2, 0.25) is 11.8 Å². The number of aryl methyl sites for hydroxylation is 2. The van der Waals surface area contributed by atoms with E-state index in [2.05, 4.69) is 17.2 Å². The number of carbonyl (C=O) groups excluding carboxylic acids is 2. The number of rotatable bonds is 4. The molecule has 1 aliphatic heterocycles. The van der Waals surface area contributed by atoms with Gasteiger partial charge in [-0.1, -0.05) is 19.8 Å². The van der Waals surface area contributed by atoms with Gasteiger partial charge in [0.05, 0.1) is 11.6 Å². The summed E-state index contributed by atoms with van der Waals surface area (Å²) in [6, 6.07) is 0.360. The average molecular weight is 321 g/mol. The van der Waals surface area contributed by atoms with Crippen LogP contribution < -0.4 is 5.32 Å². The van der Waals surface area contributed by atoms with E-state index in [0.717, 1.165) is 29.8 Å². The predicted molar refractivity (Wildman–Crippen MR) is 86.9 cm³/mol. The van der Waals surface area contributed by atoms with Crippen LogP contribution in [0.4, 0.5) is 5.13 Å². The molecule has 1 saturated heterocycles. The van der Waals surface area contributed by atoms with Gasteiger partial charge in [-0.05, 0) is 26.2 Å². The lowest BCUT2D eigenvalue weighted by Crippen LogP contribution is -2.35. The number of hydrogen-bond donors (Lipinski definition) is 1. The number of anilines is 1. The Morgan fingerprint density at radius 1 is 1.41 bits per heavy atom. The Bertz CT molecular complexity index is 578. The molecule has 2 amide bonds. The monoisotopic (exact) mass is 321 g/mol. The minimum atomic E-state index is -0.234. The summed E-state index contributed by atoms with van der Waals surface area (Å²) in [5.74, 6) is -0.163. The molecule has 0 aromatic carbocycles. The highest BCUT2D eigenvalue weighted by molar-refractivity contribution is 7.15. The summed E-state index contributed by atoms with van der Waals surface area (Å²) in [6.45, 7) is 4.65. The maximum absolute atomic E-state index is 12.4. The van der Waals surface area contributed by atoms with Crippen molar-refractivity contribution in [2.75, 3.05) is 11.9 Å². The van der Waals surface area contributed by atoms with Crippen LogP contribution in [0.25, 0.3) is 0 Å². The molecule has 1 aromatic heterocycles. The third-order valence-corrected chi connectivity index (χ3v) is 5.68. The molecule has 120 valence electrons. The molecule has 2 aliphatic rings. The highest BCUT2D eigenvalue weighted by Gasteiger charge is 2.38. The summed E-state index contributed by atoms with van der Waals surface area (Å²) in [5.41, 5.74) is 1.04. The first-order chi connectivity index (χ1) is 10.6. The molecule has 1 saturated carbocycles. The van der Waals surface area contributed by atoms with E-state index in [0.29, 0.717) is 24.1 Å². The molecule has 5 nitrogen and oxygen atoms in total. The third kappa shape index (κ3) is 3.02. The molecule has 6 heteroatoms. The molecule has 0 radical (unpaired) electrons. The molecule has 22 heavy (non-hydrogen) atoms. The van der Waals surface area contributed by atoms with Crippen molar-refractivity contribution in [2.45, 2.75) is 58.4 Å². The van der Waals surface area contributed by atoms with Gasteiger partial charge in [0.1, 0.15) is 0 Å². The average Bonchev–Trinajstić information content (AvgIpc) is 3.18.